The molecule has 26 heavy (non-hydrogen) atoms. The molecule has 1 saturated carbocycles. The van der Waals surface area contributed by atoms with Crippen LogP contribution in [0.1, 0.15) is 70.6 Å². The second-order valence-electron chi connectivity index (χ2n) is 7.90. The van der Waals surface area contributed by atoms with Crippen LogP contribution in [-0.4, -0.2) is 36.8 Å². The van der Waals surface area contributed by atoms with Crippen LogP contribution in [0.25, 0.3) is 0 Å². The molecule has 0 aromatic heterocycles. The van der Waals surface area contributed by atoms with Crippen LogP contribution >= 0.6 is 0 Å². The molecule has 0 bridgehead atoms. The monoisotopic (exact) mass is 365 g/mol. The maximum atomic E-state index is 12.6. The van der Waals surface area contributed by atoms with E-state index in [9.17, 15) is 9.59 Å². The molecule has 2 rings (SSSR count). The van der Waals surface area contributed by atoms with Crippen molar-refractivity contribution in [2.24, 2.45) is 33.5 Å². The minimum absolute atomic E-state index is 0.00277. The Kier molecular flexibility index (Phi) is 7.87. The summed E-state index contributed by atoms with van der Waals surface area (Å²) in [6.45, 7) is 1.29. The summed E-state index contributed by atoms with van der Waals surface area (Å²) in [4.78, 5) is 29.1. The molecular weight excluding hydrogens is 330 g/mol. The molecule has 0 aromatic rings. The fourth-order valence-corrected chi connectivity index (χ4v) is 4.15. The average Bonchev–Trinajstić information content (AvgIpc) is 3.35. The van der Waals surface area contributed by atoms with Gasteiger partial charge in [-0.15, -0.1) is 0 Å². The van der Waals surface area contributed by atoms with Crippen molar-refractivity contribution >= 4 is 17.6 Å². The van der Waals surface area contributed by atoms with E-state index in [0.29, 0.717) is 13.0 Å². The summed E-state index contributed by atoms with van der Waals surface area (Å²) in [5, 5.41) is 2.98. The Balaban J connectivity index is 1.75. The van der Waals surface area contributed by atoms with Crippen molar-refractivity contribution in [1.82, 2.24) is 5.32 Å². The van der Waals surface area contributed by atoms with E-state index in [1.807, 2.05) is 0 Å². The van der Waals surface area contributed by atoms with Gasteiger partial charge in [0.1, 0.15) is 0 Å². The van der Waals surface area contributed by atoms with Gasteiger partial charge < -0.3 is 22.5 Å². The van der Waals surface area contributed by atoms with Gasteiger partial charge >= 0.3 is 0 Å². The number of Topliss-reactive ketones (excluding diaryl/α,β-unsaturated/α-hetero) is 1. The van der Waals surface area contributed by atoms with Gasteiger partial charge in [0.05, 0.1) is 6.04 Å². The number of carbonyl (C=O) groups excluding carboxylic acids is 2. The summed E-state index contributed by atoms with van der Waals surface area (Å²) in [5.74, 6) is 0.326. The van der Waals surface area contributed by atoms with Gasteiger partial charge in [-0.1, -0.05) is 19.3 Å². The number of guanidine groups is 1. The Morgan fingerprint density at radius 3 is 2.46 bits per heavy atom. The predicted molar refractivity (Wildman–Crippen MR) is 103 cm³/mol. The number of nitrogens with zero attached hydrogens (tertiary/aromatic N) is 1. The van der Waals surface area contributed by atoms with Gasteiger partial charge in [-0.25, -0.2) is 0 Å². The van der Waals surface area contributed by atoms with Crippen molar-refractivity contribution in [3.05, 3.63) is 0 Å². The van der Waals surface area contributed by atoms with Gasteiger partial charge in [0, 0.05) is 18.9 Å². The third kappa shape index (κ3) is 5.97. The van der Waals surface area contributed by atoms with Crippen LogP contribution in [0.4, 0.5) is 0 Å². The lowest BCUT2D eigenvalue weighted by Gasteiger charge is -2.36. The fraction of sp³-hybridized carbons (Fsp3) is 0.842. The van der Waals surface area contributed by atoms with Gasteiger partial charge in [0.15, 0.2) is 11.7 Å². The van der Waals surface area contributed by atoms with Gasteiger partial charge in [-0.05, 0) is 56.9 Å². The Morgan fingerprint density at radius 1 is 1.12 bits per heavy atom. The number of aliphatic imine (C=N–C) groups is 1. The number of nitrogens with one attached hydrogen (secondary N) is 1. The van der Waals surface area contributed by atoms with Gasteiger partial charge in [-0.3, -0.25) is 14.6 Å². The molecule has 7 nitrogen and oxygen atoms in total. The molecule has 1 spiro atoms. The second-order valence-corrected chi connectivity index (χ2v) is 7.90. The van der Waals surface area contributed by atoms with E-state index in [-0.39, 0.29) is 35.0 Å². The Hall–Kier alpha value is -1.63. The predicted octanol–water partition coefficient (Wildman–Crippen LogP) is 1.19. The number of hydrogen-bond acceptors (Lipinski definition) is 4. The lowest BCUT2D eigenvalue weighted by molar-refractivity contribution is -0.136. The minimum atomic E-state index is -0.289. The normalized spacial score (nSPS) is 23.5. The van der Waals surface area contributed by atoms with E-state index >= 15 is 0 Å². The van der Waals surface area contributed by atoms with Crippen LogP contribution in [0, 0.1) is 11.3 Å². The molecule has 0 unspecified atom stereocenters. The van der Waals surface area contributed by atoms with Crippen molar-refractivity contribution in [3.8, 4) is 0 Å². The zero-order valence-corrected chi connectivity index (χ0v) is 15.8. The summed E-state index contributed by atoms with van der Waals surface area (Å²) in [6, 6.07) is -0.289. The highest BCUT2D eigenvalue weighted by Gasteiger charge is 2.56. The van der Waals surface area contributed by atoms with Crippen LogP contribution in [0.15, 0.2) is 4.99 Å². The molecule has 148 valence electrons. The molecule has 1 saturated heterocycles. The van der Waals surface area contributed by atoms with E-state index in [0.717, 1.165) is 70.8 Å². The summed E-state index contributed by atoms with van der Waals surface area (Å²) in [6.07, 6.45) is 10.3. The Bertz CT molecular complexity index is 512. The number of hydrogen-bond donors (Lipinski definition) is 4. The second kappa shape index (κ2) is 9.90. The first-order valence-electron chi connectivity index (χ1n) is 10.1. The lowest BCUT2D eigenvalue weighted by atomic mass is 9.75. The van der Waals surface area contributed by atoms with Crippen molar-refractivity contribution in [2.75, 3.05) is 13.1 Å². The van der Waals surface area contributed by atoms with Crippen molar-refractivity contribution in [2.45, 2.75) is 76.7 Å². The van der Waals surface area contributed by atoms with Gasteiger partial charge in [-0.2, -0.15) is 0 Å². The summed E-state index contributed by atoms with van der Waals surface area (Å²) < 4.78 is 0. The van der Waals surface area contributed by atoms with Crippen molar-refractivity contribution in [3.63, 3.8) is 0 Å². The first-order valence-corrected chi connectivity index (χ1v) is 10.1. The van der Waals surface area contributed by atoms with Gasteiger partial charge in [0.2, 0.25) is 5.91 Å². The number of nitrogens with two attached hydrogens (primary N) is 3. The van der Waals surface area contributed by atoms with Crippen molar-refractivity contribution in [1.29, 1.82) is 0 Å². The highest BCUT2D eigenvalue weighted by Crippen LogP contribution is 2.58. The van der Waals surface area contributed by atoms with E-state index < -0.39 is 0 Å². The first kappa shape index (κ1) is 20.7. The molecule has 0 radical (unpaired) electrons. The van der Waals surface area contributed by atoms with Crippen LogP contribution in [0.3, 0.4) is 0 Å². The Morgan fingerprint density at radius 2 is 1.81 bits per heavy atom. The molecule has 2 aliphatic rings. The Labute approximate surface area is 156 Å². The molecule has 1 heterocycles. The largest absolute Gasteiger partial charge is 0.370 e. The number of rotatable bonds is 12. The lowest BCUT2D eigenvalue weighted by Crippen LogP contribution is -2.52. The number of amides is 1. The molecule has 7 heteroatoms. The average molecular weight is 366 g/mol. The zero-order chi connectivity index (χ0) is 19.0. The molecule has 7 N–H and O–H groups in total. The zero-order valence-electron chi connectivity index (χ0n) is 15.8. The van der Waals surface area contributed by atoms with Crippen LogP contribution in [-0.2, 0) is 9.59 Å². The van der Waals surface area contributed by atoms with E-state index in [1.165, 1.54) is 0 Å². The molecule has 1 aliphatic carbocycles. The standard InChI is InChI=1S/C19H35N5O2/c20-11-5-3-1-2-4-8-16(25)15-13-19(9-10-19)14(17(26)24-15)7-6-12-23-18(21)22/h14-15H,1-13,20H2,(H,24,26)(H4,21,22,23)/t14-,15+/m0/s1. The smallest absolute Gasteiger partial charge is 0.224 e. The summed E-state index contributed by atoms with van der Waals surface area (Å²) >= 11 is 0. The maximum Gasteiger partial charge on any atom is 0.224 e. The van der Waals surface area contributed by atoms with Crippen LogP contribution < -0.4 is 22.5 Å². The number of carbonyl (C=O) groups is 2. The SMILES string of the molecule is NCCCCCCCC(=O)[C@H]1CC2(CC2)[C@@H](CCCN=C(N)N)C(=O)N1. The minimum Gasteiger partial charge on any atom is -0.370 e. The molecule has 1 amide bonds. The van der Waals surface area contributed by atoms with E-state index in [1.54, 1.807) is 0 Å². The molecule has 2 fully saturated rings. The maximum absolute atomic E-state index is 12.6. The molecule has 0 aromatic carbocycles. The van der Waals surface area contributed by atoms with Gasteiger partial charge in [0.25, 0.3) is 0 Å². The third-order valence-electron chi connectivity index (χ3n) is 5.84. The third-order valence-corrected chi connectivity index (χ3v) is 5.84. The highest BCUT2D eigenvalue weighted by atomic mass is 16.2. The summed E-state index contributed by atoms with van der Waals surface area (Å²) in [7, 11) is 0. The fourth-order valence-electron chi connectivity index (χ4n) is 4.15. The van der Waals surface area contributed by atoms with Crippen LogP contribution in [0.2, 0.25) is 0 Å². The summed E-state index contributed by atoms with van der Waals surface area (Å²) in [5.41, 5.74) is 16.2. The quantitative estimate of drug-likeness (QED) is 0.234. The molecule has 1 aliphatic heterocycles. The number of ketones is 1. The highest BCUT2D eigenvalue weighted by molar-refractivity contribution is 5.91. The van der Waals surface area contributed by atoms with Crippen LogP contribution in [0.5, 0.6) is 0 Å². The molecular formula is C19H35N5O2. The number of unbranched alkanes of at least 4 members (excludes halogenated alkanes) is 4. The molecule has 2 atom stereocenters. The van der Waals surface area contributed by atoms with Crippen molar-refractivity contribution < 1.29 is 9.59 Å². The topological polar surface area (TPSA) is 137 Å². The van der Waals surface area contributed by atoms with E-state index in [4.69, 9.17) is 17.2 Å². The first-order chi connectivity index (χ1) is 12.5. The number of piperidine rings is 1. The van der Waals surface area contributed by atoms with E-state index in [2.05, 4.69) is 10.3 Å².